The maximum Gasteiger partial charge on any atom is 0.138 e. The van der Waals surface area contributed by atoms with E-state index in [9.17, 15) is 15.0 Å². The summed E-state index contributed by atoms with van der Waals surface area (Å²) in [4.78, 5) is 16.3. The van der Waals surface area contributed by atoms with Crippen LogP contribution in [-0.2, 0) is 9.53 Å². The number of rotatable bonds is 0. The van der Waals surface area contributed by atoms with Crippen LogP contribution in [0.25, 0.3) is 0 Å². The van der Waals surface area contributed by atoms with Crippen LogP contribution in [0.15, 0.2) is 0 Å². The Labute approximate surface area is 160 Å². The van der Waals surface area contributed by atoms with Gasteiger partial charge in [-0.1, -0.05) is 13.3 Å². The number of ketones is 1. The van der Waals surface area contributed by atoms with E-state index in [1.807, 2.05) is 6.92 Å². The van der Waals surface area contributed by atoms with Crippen molar-refractivity contribution in [2.75, 3.05) is 13.2 Å². The summed E-state index contributed by atoms with van der Waals surface area (Å²) in [7, 11) is 0. The van der Waals surface area contributed by atoms with Gasteiger partial charge in [0.1, 0.15) is 12.0 Å². The van der Waals surface area contributed by atoms with Gasteiger partial charge >= 0.3 is 0 Å². The maximum atomic E-state index is 13.8. The van der Waals surface area contributed by atoms with E-state index in [0.29, 0.717) is 31.0 Å². The average Bonchev–Trinajstić information content (AvgIpc) is 3.05. The first kappa shape index (κ1) is 16.3. The molecule has 5 nitrogen and oxygen atoms in total. The zero-order valence-electron chi connectivity index (χ0n) is 16.4. The summed E-state index contributed by atoms with van der Waals surface area (Å²) in [5.41, 5.74) is -2.49. The summed E-state index contributed by atoms with van der Waals surface area (Å²) < 4.78 is 6.29. The van der Waals surface area contributed by atoms with Crippen LogP contribution in [0, 0.1) is 34.0 Å². The molecule has 0 aromatic carbocycles. The quantitative estimate of drug-likeness (QED) is 0.676. The van der Waals surface area contributed by atoms with Gasteiger partial charge < -0.3 is 14.9 Å². The fourth-order valence-corrected chi connectivity index (χ4v) is 10.6. The van der Waals surface area contributed by atoms with Crippen LogP contribution >= 0.6 is 0 Å². The minimum Gasteiger partial charge on any atom is -0.390 e. The molecule has 10 unspecified atom stereocenters. The summed E-state index contributed by atoms with van der Waals surface area (Å²) in [6, 6.07) is 0.251. The number of nitrogens with zero attached hydrogens (tertiary/aromatic N) is 1. The molecule has 0 aromatic heterocycles. The second-order valence-electron chi connectivity index (χ2n) is 11.7. The third kappa shape index (κ3) is 1.32. The van der Waals surface area contributed by atoms with Crippen LogP contribution in [0.4, 0.5) is 0 Å². The van der Waals surface area contributed by atoms with E-state index in [4.69, 9.17) is 4.74 Å². The molecule has 5 heteroatoms. The molecule has 148 valence electrons. The zero-order valence-corrected chi connectivity index (χ0v) is 16.4. The standard InChI is InChI=1S/C22H31NO4/c1-18-4-3-5-21-15(18)14(24)10-20-11-19(2,25)12(9-22(20,21)26)8-13(20)16(21)23-6-7-27-17(18)23/h12-13,15-17,25-26H,3-11H2,1-2H3. The molecule has 6 saturated carbocycles. The van der Waals surface area contributed by atoms with E-state index >= 15 is 0 Å². The van der Waals surface area contributed by atoms with Crippen molar-refractivity contribution in [1.29, 1.82) is 0 Å². The van der Waals surface area contributed by atoms with Crippen LogP contribution in [0.3, 0.4) is 0 Å². The molecule has 0 amide bonds. The maximum absolute atomic E-state index is 13.8. The van der Waals surface area contributed by atoms with Gasteiger partial charge in [-0.3, -0.25) is 9.69 Å². The third-order valence-corrected chi connectivity index (χ3v) is 11.0. The lowest BCUT2D eigenvalue weighted by molar-refractivity contribution is -0.302. The Morgan fingerprint density at radius 3 is 2.85 bits per heavy atom. The van der Waals surface area contributed by atoms with Crippen molar-refractivity contribution in [3.8, 4) is 0 Å². The van der Waals surface area contributed by atoms with Crippen molar-refractivity contribution < 1.29 is 19.7 Å². The predicted octanol–water partition coefficient (Wildman–Crippen LogP) is 1.70. The van der Waals surface area contributed by atoms with Crippen molar-refractivity contribution >= 4 is 5.78 Å². The normalized spacial score (nSPS) is 68.3. The molecule has 10 atom stereocenters. The lowest BCUT2D eigenvalue weighted by Gasteiger charge is -2.71. The number of carbonyl (C=O) groups is 1. The number of hydrogen-bond donors (Lipinski definition) is 2. The summed E-state index contributed by atoms with van der Waals surface area (Å²) >= 11 is 0. The number of aliphatic hydroxyl groups is 2. The Morgan fingerprint density at radius 2 is 2.04 bits per heavy atom. The van der Waals surface area contributed by atoms with Gasteiger partial charge in [0, 0.05) is 41.2 Å². The number of Topliss-reactive ketones (excluding diaryl/α,β-unsaturated/α-hetero) is 1. The van der Waals surface area contributed by atoms with E-state index < -0.39 is 16.6 Å². The molecule has 27 heavy (non-hydrogen) atoms. The van der Waals surface area contributed by atoms with Crippen molar-refractivity contribution in [3.05, 3.63) is 0 Å². The van der Waals surface area contributed by atoms with Gasteiger partial charge in [0.2, 0.25) is 0 Å². The molecule has 2 saturated heterocycles. The Bertz CT molecular complexity index is 782. The largest absolute Gasteiger partial charge is 0.390 e. The first-order valence-electron chi connectivity index (χ1n) is 11.1. The zero-order chi connectivity index (χ0) is 18.6. The predicted molar refractivity (Wildman–Crippen MR) is 96.6 cm³/mol. The van der Waals surface area contributed by atoms with Crippen molar-refractivity contribution in [1.82, 2.24) is 4.90 Å². The second-order valence-corrected chi connectivity index (χ2v) is 11.7. The van der Waals surface area contributed by atoms with E-state index in [1.54, 1.807) is 0 Å². The minimum absolute atomic E-state index is 0.0296. The molecule has 0 aromatic rings. The number of fused-ring (bicyclic) bond motifs is 4. The van der Waals surface area contributed by atoms with Gasteiger partial charge in [-0.2, -0.15) is 0 Å². The third-order valence-electron chi connectivity index (χ3n) is 11.0. The van der Waals surface area contributed by atoms with Crippen LogP contribution in [0.1, 0.15) is 58.8 Å². The van der Waals surface area contributed by atoms with Crippen LogP contribution in [0.5, 0.6) is 0 Å². The SMILES string of the molecule is CC1(O)CC23CC(=O)C4C5(C)CCCC46C(C2CC1CC36O)N1CCOC15. The van der Waals surface area contributed by atoms with Gasteiger partial charge in [0.25, 0.3) is 0 Å². The molecular weight excluding hydrogens is 342 g/mol. The Morgan fingerprint density at radius 1 is 1.22 bits per heavy atom. The molecular formula is C22H31NO4. The summed E-state index contributed by atoms with van der Waals surface area (Å²) in [6.07, 6.45) is 5.81. The highest BCUT2D eigenvalue weighted by Gasteiger charge is 2.90. The summed E-state index contributed by atoms with van der Waals surface area (Å²) in [5.74, 6) is 0.759. The highest BCUT2D eigenvalue weighted by Crippen LogP contribution is 2.84. The summed E-state index contributed by atoms with van der Waals surface area (Å²) in [5, 5.41) is 23.7. The molecule has 2 aliphatic heterocycles. The molecule has 0 radical (unpaired) electrons. The van der Waals surface area contributed by atoms with Gasteiger partial charge in [0.15, 0.2) is 0 Å². The molecule has 6 bridgehead atoms. The fourth-order valence-electron chi connectivity index (χ4n) is 10.6. The molecule has 2 spiro atoms. The second kappa shape index (κ2) is 4.19. The van der Waals surface area contributed by atoms with Crippen molar-refractivity contribution in [2.24, 2.45) is 34.0 Å². The number of ether oxygens (including phenoxy) is 1. The molecule has 6 aliphatic carbocycles. The van der Waals surface area contributed by atoms with Crippen molar-refractivity contribution in [2.45, 2.75) is 82.3 Å². The van der Waals surface area contributed by atoms with Gasteiger partial charge in [-0.15, -0.1) is 0 Å². The topological polar surface area (TPSA) is 70.0 Å². The monoisotopic (exact) mass is 373 g/mol. The number of piperidine rings is 1. The number of carbonyl (C=O) groups excluding carboxylic acids is 1. The van der Waals surface area contributed by atoms with Crippen LogP contribution < -0.4 is 0 Å². The number of hydrogen-bond acceptors (Lipinski definition) is 5. The Hall–Kier alpha value is -0.490. The minimum atomic E-state index is -0.797. The lowest BCUT2D eigenvalue weighted by Crippen LogP contribution is -2.77. The molecule has 8 fully saturated rings. The van der Waals surface area contributed by atoms with Gasteiger partial charge in [0.05, 0.1) is 17.8 Å². The highest BCUT2D eigenvalue weighted by atomic mass is 16.5. The van der Waals surface area contributed by atoms with E-state index in [1.165, 1.54) is 0 Å². The molecule has 2 heterocycles. The van der Waals surface area contributed by atoms with E-state index in [-0.39, 0.29) is 34.9 Å². The lowest BCUT2D eigenvalue weighted by atomic mass is 9.36. The Balaban J connectivity index is 1.55. The molecule has 8 aliphatic rings. The molecule has 8 rings (SSSR count). The first-order valence-corrected chi connectivity index (χ1v) is 11.1. The highest BCUT2D eigenvalue weighted by molar-refractivity contribution is 5.87. The smallest absolute Gasteiger partial charge is 0.138 e. The van der Waals surface area contributed by atoms with Crippen LogP contribution in [-0.4, -0.2) is 57.5 Å². The summed E-state index contributed by atoms with van der Waals surface area (Å²) in [6.45, 7) is 5.89. The van der Waals surface area contributed by atoms with Gasteiger partial charge in [-0.05, 0) is 50.9 Å². The Kier molecular flexibility index (Phi) is 2.53. The van der Waals surface area contributed by atoms with Gasteiger partial charge in [-0.25, -0.2) is 0 Å². The van der Waals surface area contributed by atoms with Crippen molar-refractivity contribution in [3.63, 3.8) is 0 Å². The average molecular weight is 373 g/mol. The van der Waals surface area contributed by atoms with E-state index in [0.717, 1.165) is 38.8 Å². The fraction of sp³-hybridized carbons (Fsp3) is 0.955. The first-order chi connectivity index (χ1) is 12.7. The molecule has 2 N–H and O–H groups in total. The van der Waals surface area contributed by atoms with Crippen LogP contribution in [0.2, 0.25) is 0 Å². The van der Waals surface area contributed by atoms with E-state index in [2.05, 4.69) is 11.8 Å².